The highest BCUT2D eigenvalue weighted by Crippen LogP contribution is 2.31. The molecule has 0 spiro atoms. The van der Waals surface area contributed by atoms with Gasteiger partial charge in [-0.25, -0.2) is 4.98 Å². The Morgan fingerprint density at radius 1 is 1.03 bits per heavy atom. The van der Waals surface area contributed by atoms with Crippen LogP contribution in [0.4, 0.5) is 0 Å². The summed E-state index contributed by atoms with van der Waals surface area (Å²) < 4.78 is 8.44. The molecule has 1 saturated heterocycles. The molecule has 0 saturated carbocycles. The Morgan fingerprint density at radius 3 is 2.58 bits per heavy atom. The highest BCUT2D eigenvalue weighted by molar-refractivity contribution is 5.80. The van der Waals surface area contributed by atoms with Crippen molar-refractivity contribution in [1.82, 2.24) is 14.5 Å². The second-order valence-electron chi connectivity index (χ2n) is 8.63. The summed E-state index contributed by atoms with van der Waals surface area (Å²) in [5.41, 5.74) is 4.49. The molecule has 1 fully saturated rings. The van der Waals surface area contributed by atoms with Crippen molar-refractivity contribution < 1.29 is 9.53 Å². The largest absolute Gasteiger partial charge is 0.493 e. The lowest BCUT2D eigenvalue weighted by Gasteiger charge is -2.17. The van der Waals surface area contributed by atoms with Crippen LogP contribution >= 0.6 is 0 Å². The molecule has 1 amide bonds. The number of amides is 1. The minimum atomic E-state index is 0.163. The molecule has 0 radical (unpaired) electrons. The van der Waals surface area contributed by atoms with Crippen LogP contribution in [0.15, 0.2) is 42.5 Å². The van der Waals surface area contributed by atoms with Gasteiger partial charge in [0.25, 0.3) is 0 Å². The number of aromatic nitrogens is 2. The highest BCUT2D eigenvalue weighted by atomic mass is 16.5. The predicted molar refractivity (Wildman–Crippen MR) is 125 cm³/mol. The molecule has 164 valence electrons. The maximum Gasteiger partial charge on any atom is 0.223 e. The lowest BCUT2D eigenvalue weighted by molar-refractivity contribution is -0.127. The van der Waals surface area contributed by atoms with Gasteiger partial charge in [-0.05, 0) is 49.9 Å². The van der Waals surface area contributed by atoms with Crippen molar-refractivity contribution in [3.63, 3.8) is 0 Å². The van der Waals surface area contributed by atoms with E-state index < -0.39 is 0 Å². The van der Waals surface area contributed by atoms with Crippen molar-refractivity contribution in [2.75, 3.05) is 19.7 Å². The standard InChI is InChI=1S/C26H33N3O2/c1-4-5-14-28-18-21(17-24(28)30)26-27-22-12-6-7-13-23(22)29(26)15-9-16-31-25-19(2)10-8-11-20(25)3/h6-8,10-13,21H,4-5,9,14-18H2,1-3H3/t21-/m1/s1. The number of fused-ring (bicyclic) bond motifs is 1. The van der Waals surface area contributed by atoms with Crippen molar-refractivity contribution >= 4 is 16.9 Å². The highest BCUT2D eigenvalue weighted by Gasteiger charge is 2.33. The monoisotopic (exact) mass is 419 g/mol. The number of likely N-dealkylation sites (tertiary alicyclic amines) is 1. The predicted octanol–water partition coefficient (Wildman–Crippen LogP) is 5.24. The minimum Gasteiger partial charge on any atom is -0.493 e. The first-order valence-electron chi connectivity index (χ1n) is 11.5. The molecule has 0 bridgehead atoms. The third-order valence-corrected chi connectivity index (χ3v) is 6.23. The van der Waals surface area contributed by atoms with Gasteiger partial charge in [-0.2, -0.15) is 0 Å². The smallest absolute Gasteiger partial charge is 0.223 e. The lowest BCUT2D eigenvalue weighted by atomic mass is 10.1. The van der Waals surface area contributed by atoms with Gasteiger partial charge >= 0.3 is 0 Å². The fraction of sp³-hybridized carbons (Fsp3) is 0.462. The van der Waals surface area contributed by atoms with Crippen LogP contribution in [0, 0.1) is 13.8 Å². The average molecular weight is 420 g/mol. The van der Waals surface area contributed by atoms with Crippen LogP contribution < -0.4 is 4.74 Å². The fourth-order valence-electron chi connectivity index (χ4n) is 4.57. The van der Waals surface area contributed by atoms with Crippen LogP contribution in [-0.2, 0) is 11.3 Å². The molecule has 1 atom stereocenters. The van der Waals surface area contributed by atoms with Gasteiger partial charge in [0, 0.05) is 32.0 Å². The van der Waals surface area contributed by atoms with E-state index in [1.54, 1.807) is 0 Å². The molecule has 0 aliphatic carbocycles. The fourth-order valence-corrected chi connectivity index (χ4v) is 4.57. The molecule has 3 aromatic rings. The number of hydrogen-bond donors (Lipinski definition) is 0. The molecule has 0 N–H and O–H groups in total. The molecule has 31 heavy (non-hydrogen) atoms. The SMILES string of the molecule is CCCCN1C[C@H](c2nc3ccccc3n2CCCOc2c(C)cccc2C)CC1=O. The summed E-state index contributed by atoms with van der Waals surface area (Å²) in [5.74, 6) is 2.46. The summed E-state index contributed by atoms with van der Waals surface area (Å²) in [6, 6.07) is 14.5. The van der Waals surface area contributed by atoms with Gasteiger partial charge in [-0.15, -0.1) is 0 Å². The number of rotatable bonds is 9. The van der Waals surface area contributed by atoms with E-state index in [0.29, 0.717) is 13.0 Å². The quantitative estimate of drug-likeness (QED) is 0.446. The van der Waals surface area contributed by atoms with Gasteiger partial charge in [0.15, 0.2) is 0 Å². The van der Waals surface area contributed by atoms with Crippen molar-refractivity contribution in [3.05, 3.63) is 59.4 Å². The molecular formula is C26H33N3O2. The van der Waals surface area contributed by atoms with Crippen molar-refractivity contribution in [1.29, 1.82) is 0 Å². The second kappa shape index (κ2) is 9.54. The van der Waals surface area contributed by atoms with Crippen LogP contribution in [-0.4, -0.2) is 40.1 Å². The average Bonchev–Trinajstić information content (AvgIpc) is 3.31. The van der Waals surface area contributed by atoms with Crippen molar-refractivity contribution in [2.45, 2.75) is 58.9 Å². The number of ether oxygens (including phenoxy) is 1. The van der Waals surface area contributed by atoms with E-state index in [2.05, 4.69) is 61.7 Å². The Labute approximate surface area is 185 Å². The summed E-state index contributed by atoms with van der Waals surface area (Å²) in [4.78, 5) is 19.5. The number of nitrogens with zero attached hydrogens (tertiary/aromatic N) is 3. The van der Waals surface area contributed by atoms with Crippen LogP contribution in [0.1, 0.15) is 55.5 Å². The zero-order chi connectivity index (χ0) is 21.8. The van der Waals surface area contributed by atoms with Crippen molar-refractivity contribution in [3.8, 4) is 5.75 Å². The van der Waals surface area contributed by atoms with E-state index in [4.69, 9.17) is 9.72 Å². The first kappa shape index (κ1) is 21.4. The van der Waals surface area contributed by atoms with Gasteiger partial charge in [0.1, 0.15) is 11.6 Å². The van der Waals surface area contributed by atoms with Gasteiger partial charge < -0.3 is 14.2 Å². The van der Waals surface area contributed by atoms with E-state index in [9.17, 15) is 4.79 Å². The molecule has 5 heteroatoms. The van der Waals surface area contributed by atoms with E-state index in [0.717, 1.165) is 61.5 Å². The molecule has 1 aliphatic heterocycles. The van der Waals surface area contributed by atoms with Gasteiger partial charge in [0.05, 0.1) is 17.6 Å². The van der Waals surface area contributed by atoms with Gasteiger partial charge in [0.2, 0.25) is 5.91 Å². The van der Waals surface area contributed by atoms with E-state index in [1.807, 2.05) is 11.0 Å². The Balaban J connectivity index is 1.49. The zero-order valence-electron chi connectivity index (χ0n) is 18.9. The molecule has 1 aliphatic rings. The normalized spacial score (nSPS) is 16.4. The maximum atomic E-state index is 12.5. The Hall–Kier alpha value is -2.82. The number of carbonyl (C=O) groups excluding carboxylic acids is 1. The summed E-state index contributed by atoms with van der Waals surface area (Å²) in [5, 5.41) is 0. The number of imidazole rings is 1. The topological polar surface area (TPSA) is 47.4 Å². The molecular weight excluding hydrogens is 386 g/mol. The Morgan fingerprint density at radius 2 is 1.81 bits per heavy atom. The Kier molecular flexibility index (Phi) is 6.59. The molecule has 5 nitrogen and oxygen atoms in total. The third-order valence-electron chi connectivity index (χ3n) is 6.23. The van der Waals surface area contributed by atoms with Crippen molar-refractivity contribution in [2.24, 2.45) is 0 Å². The molecule has 2 heterocycles. The maximum absolute atomic E-state index is 12.5. The first-order chi connectivity index (χ1) is 15.1. The zero-order valence-corrected chi connectivity index (χ0v) is 18.9. The van der Waals surface area contributed by atoms with E-state index in [1.165, 1.54) is 11.1 Å². The van der Waals surface area contributed by atoms with Gasteiger partial charge in [-0.3, -0.25) is 4.79 Å². The number of hydrogen-bond acceptors (Lipinski definition) is 3. The van der Waals surface area contributed by atoms with Crippen LogP contribution in [0.25, 0.3) is 11.0 Å². The first-order valence-corrected chi connectivity index (χ1v) is 11.5. The summed E-state index contributed by atoms with van der Waals surface area (Å²) in [7, 11) is 0. The number of aryl methyl sites for hydroxylation is 3. The molecule has 2 aromatic carbocycles. The molecule has 1 aromatic heterocycles. The van der Waals surface area contributed by atoms with Crippen LogP contribution in [0.2, 0.25) is 0 Å². The molecule has 4 rings (SSSR count). The molecule has 0 unspecified atom stereocenters. The summed E-state index contributed by atoms with van der Waals surface area (Å²) >= 11 is 0. The number of para-hydroxylation sites is 3. The van der Waals surface area contributed by atoms with Gasteiger partial charge in [-0.1, -0.05) is 43.7 Å². The lowest BCUT2D eigenvalue weighted by Crippen LogP contribution is -2.26. The number of carbonyl (C=O) groups is 1. The second-order valence-corrected chi connectivity index (χ2v) is 8.63. The Bertz CT molecular complexity index is 1040. The summed E-state index contributed by atoms with van der Waals surface area (Å²) in [6.45, 7) is 9.47. The number of benzene rings is 2. The van der Waals surface area contributed by atoms with E-state index >= 15 is 0 Å². The summed E-state index contributed by atoms with van der Waals surface area (Å²) in [6.07, 6.45) is 3.62. The van der Waals surface area contributed by atoms with E-state index in [-0.39, 0.29) is 11.8 Å². The number of unbranched alkanes of at least 4 members (excludes halogenated alkanes) is 1. The van der Waals surface area contributed by atoms with Crippen LogP contribution in [0.5, 0.6) is 5.75 Å². The van der Waals surface area contributed by atoms with Crippen LogP contribution in [0.3, 0.4) is 0 Å². The third kappa shape index (κ3) is 4.60. The minimum absolute atomic E-state index is 0.163.